The van der Waals surface area contributed by atoms with Gasteiger partial charge in [-0.25, -0.2) is 9.97 Å². The highest BCUT2D eigenvalue weighted by molar-refractivity contribution is 5.48. The predicted octanol–water partition coefficient (Wildman–Crippen LogP) is 3.88. The lowest BCUT2D eigenvalue weighted by atomic mass is 9.91. The SMILES string of the molecule is COCc1ccc(N2CCC(c3cnc(C4CC4)nc3)CC2)cc1. The fourth-order valence-corrected chi connectivity index (χ4v) is 3.55. The normalized spacial score (nSPS) is 18.8. The Bertz CT molecular complexity index is 656. The molecule has 1 aromatic carbocycles. The van der Waals surface area contributed by atoms with Crippen molar-refractivity contribution in [3.63, 3.8) is 0 Å². The summed E-state index contributed by atoms with van der Waals surface area (Å²) in [6, 6.07) is 8.75. The Morgan fingerprint density at radius 3 is 2.21 bits per heavy atom. The van der Waals surface area contributed by atoms with Gasteiger partial charge in [-0.15, -0.1) is 0 Å². The lowest BCUT2D eigenvalue weighted by molar-refractivity contribution is 0.185. The van der Waals surface area contributed by atoms with Crippen LogP contribution in [0.25, 0.3) is 0 Å². The van der Waals surface area contributed by atoms with Crippen LogP contribution in [-0.4, -0.2) is 30.2 Å². The van der Waals surface area contributed by atoms with E-state index in [2.05, 4.69) is 51.5 Å². The van der Waals surface area contributed by atoms with Crippen LogP contribution in [0.4, 0.5) is 5.69 Å². The van der Waals surface area contributed by atoms with Crippen molar-refractivity contribution in [1.29, 1.82) is 0 Å². The molecule has 4 heteroatoms. The number of anilines is 1. The second kappa shape index (κ2) is 6.89. The summed E-state index contributed by atoms with van der Waals surface area (Å²) < 4.78 is 5.18. The van der Waals surface area contributed by atoms with Crippen LogP contribution in [-0.2, 0) is 11.3 Å². The largest absolute Gasteiger partial charge is 0.380 e. The molecule has 0 unspecified atom stereocenters. The fraction of sp³-hybridized carbons (Fsp3) is 0.500. The Morgan fingerprint density at radius 2 is 1.62 bits per heavy atom. The Kier molecular flexibility index (Phi) is 4.48. The maximum absolute atomic E-state index is 5.18. The third-order valence-electron chi connectivity index (χ3n) is 5.21. The predicted molar refractivity (Wildman–Crippen MR) is 95.4 cm³/mol. The molecular weight excluding hydrogens is 298 g/mol. The first kappa shape index (κ1) is 15.6. The van der Waals surface area contributed by atoms with Crippen LogP contribution >= 0.6 is 0 Å². The maximum atomic E-state index is 5.18. The van der Waals surface area contributed by atoms with Gasteiger partial charge in [-0.1, -0.05) is 12.1 Å². The van der Waals surface area contributed by atoms with E-state index in [1.807, 2.05) is 0 Å². The topological polar surface area (TPSA) is 38.2 Å². The molecule has 126 valence electrons. The minimum absolute atomic E-state index is 0.599. The molecule has 2 aromatic rings. The summed E-state index contributed by atoms with van der Waals surface area (Å²) in [4.78, 5) is 11.6. The molecule has 0 radical (unpaired) electrons. The van der Waals surface area contributed by atoms with Gasteiger partial charge < -0.3 is 9.64 Å². The van der Waals surface area contributed by atoms with E-state index in [-0.39, 0.29) is 0 Å². The molecule has 1 saturated heterocycles. The van der Waals surface area contributed by atoms with Gasteiger partial charge in [0.1, 0.15) is 5.82 Å². The van der Waals surface area contributed by atoms with Crippen molar-refractivity contribution >= 4 is 5.69 Å². The molecule has 0 amide bonds. The molecule has 4 rings (SSSR count). The van der Waals surface area contributed by atoms with Crippen molar-refractivity contribution < 1.29 is 4.74 Å². The van der Waals surface area contributed by atoms with Crippen LogP contribution in [0.15, 0.2) is 36.7 Å². The average Bonchev–Trinajstić information content (AvgIpc) is 3.48. The number of hydrogen-bond acceptors (Lipinski definition) is 4. The molecule has 1 saturated carbocycles. The van der Waals surface area contributed by atoms with Crippen molar-refractivity contribution in [1.82, 2.24) is 9.97 Å². The molecule has 0 spiro atoms. The average molecular weight is 323 g/mol. The number of aromatic nitrogens is 2. The van der Waals surface area contributed by atoms with E-state index in [0.717, 1.165) is 18.9 Å². The summed E-state index contributed by atoms with van der Waals surface area (Å²) in [6.07, 6.45) is 9.01. The first-order valence-electron chi connectivity index (χ1n) is 8.98. The summed E-state index contributed by atoms with van der Waals surface area (Å²) in [5.74, 6) is 2.29. The van der Waals surface area contributed by atoms with Crippen LogP contribution in [0.1, 0.15) is 54.5 Å². The fourth-order valence-electron chi connectivity index (χ4n) is 3.55. The summed E-state index contributed by atoms with van der Waals surface area (Å²) in [7, 11) is 1.74. The first-order chi connectivity index (χ1) is 11.8. The summed E-state index contributed by atoms with van der Waals surface area (Å²) in [6.45, 7) is 2.87. The molecule has 2 aliphatic rings. The number of methoxy groups -OCH3 is 1. The standard InChI is InChI=1S/C20H25N3O/c1-24-14-15-2-6-19(7-3-15)23-10-8-16(9-11-23)18-12-21-20(22-13-18)17-4-5-17/h2-3,6-7,12-13,16-17H,4-5,8-11,14H2,1H3. The Labute approximate surface area is 143 Å². The van der Waals surface area contributed by atoms with Gasteiger partial charge in [-0.05, 0) is 54.9 Å². The molecule has 1 aromatic heterocycles. The van der Waals surface area contributed by atoms with Crippen LogP contribution in [0.5, 0.6) is 0 Å². The zero-order chi connectivity index (χ0) is 16.4. The van der Waals surface area contributed by atoms with E-state index in [0.29, 0.717) is 18.4 Å². The molecule has 2 heterocycles. The Hall–Kier alpha value is -1.94. The second-order valence-electron chi connectivity index (χ2n) is 7.01. The van der Waals surface area contributed by atoms with Crippen LogP contribution in [0.2, 0.25) is 0 Å². The van der Waals surface area contributed by atoms with E-state index in [9.17, 15) is 0 Å². The highest BCUT2D eigenvalue weighted by atomic mass is 16.5. The third kappa shape index (κ3) is 3.44. The van der Waals surface area contributed by atoms with Gasteiger partial charge in [0.25, 0.3) is 0 Å². The number of nitrogens with zero attached hydrogens (tertiary/aromatic N) is 3. The number of hydrogen-bond donors (Lipinski definition) is 0. The summed E-state index contributed by atoms with van der Waals surface area (Å²) in [5, 5.41) is 0. The Balaban J connectivity index is 1.35. The summed E-state index contributed by atoms with van der Waals surface area (Å²) in [5.41, 5.74) is 3.85. The molecule has 0 N–H and O–H groups in total. The molecule has 2 fully saturated rings. The highest BCUT2D eigenvalue weighted by Crippen LogP contribution is 2.38. The number of piperidine rings is 1. The van der Waals surface area contributed by atoms with Crippen molar-refractivity contribution in [3.05, 3.63) is 53.6 Å². The van der Waals surface area contributed by atoms with Gasteiger partial charge in [0.2, 0.25) is 0 Å². The molecule has 0 bridgehead atoms. The van der Waals surface area contributed by atoms with E-state index < -0.39 is 0 Å². The number of rotatable bonds is 5. The van der Waals surface area contributed by atoms with Crippen molar-refractivity contribution in [2.45, 2.75) is 44.1 Å². The lowest BCUT2D eigenvalue weighted by Crippen LogP contribution is -2.32. The minimum Gasteiger partial charge on any atom is -0.380 e. The lowest BCUT2D eigenvalue weighted by Gasteiger charge is -2.33. The number of ether oxygens (including phenoxy) is 1. The molecule has 1 aliphatic carbocycles. The van der Waals surface area contributed by atoms with Gasteiger partial charge in [0.05, 0.1) is 6.61 Å². The van der Waals surface area contributed by atoms with Gasteiger partial charge in [-0.2, -0.15) is 0 Å². The molecule has 24 heavy (non-hydrogen) atoms. The van der Waals surface area contributed by atoms with Crippen molar-refractivity contribution in [3.8, 4) is 0 Å². The Morgan fingerprint density at radius 1 is 0.958 bits per heavy atom. The molecule has 1 aliphatic heterocycles. The highest BCUT2D eigenvalue weighted by Gasteiger charge is 2.27. The molecular formula is C20H25N3O. The quantitative estimate of drug-likeness (QED) is 0.837. The smallest absolute Gasteiger partial charge is 0.131 e. The van der Waals surface area contributed by atoms with E-state index in [4.69, 9.17) is 4.74 Å². The van der Waals surface area contributed by atoms with Crippen molar-refractivity contribution in [2.75, 3.05) is 25.1 Å². The monoisotopic (exact) mass is 323 g/mol. The zero-order valence-corrected chi connectivity index (χ0v) is 14.3. The molecule has 4 nitrogen and oxygen atoms in total. The third-order valence-corrected chi connectivity index (χ3v) is 5.21. The second-order valence-corrected chi connectivity index (χ2v) is 7.01. The van der Waals surface area contributed by atoms with E-state index in [1.54, 1.807) is 7.11 Å². The van der Waals surface area contributed by atoms with Gasteiger partial charge >= 0.3 is 0 Å². The first-order valence-corrected chi connectivity index (χ1v) is 8.98. The van der Waals surface area contributed by atoms with E-state index in [1.165, 1.54) is 42.5 Å². The maximum Gasteiger partial charge on any atom is 0.131 e. The van der Waals surface area contributed by atoms with Gasteiger partial charge in [-0.3, -0.25) is 0 Å². The zero-order valence-electron chi connectivity index (χ0n) is 14.3. The molecule has 0 atom stereocenters. The van der Waals surface area contributed by atoms with Gasteiger partial charge in [0.15, 0.2) is 0 Å². The number of benzene rings is 1. The van der Waals surface area contributed by atoms with Crippen LogP contribution in [0, 0.1) is 0 Å². The van der Waals surface area contributed by atoms with Crippen LogP contribution in [0.3, 0.4) is 0 Å². The van der Waals surface area contributed by atoms with Gasteiger partial charge in [0, 0.05) is 44.2 Å². The van der Waals surface area contributed by atoms with E-state index >= 15 is 0 Å². The summed E-state index contributed by atoms with van der Waals surface area (Å²) >= 11 is 0. The van der Waals surface area contributed by atoms with Crippen LogP contribution < -0.4 is 4.90 Å². The minimum atomic E-state index is 0.599. The van der Waals surface area contributed by atoms with Crippen molar-refractivity contribution in [2.24, 2.45) is 0 Å².